The minimum absolute atomic E-state index is 0.0275. The van der Waals surface area contributed by atoms with Crippen LogP contribution in [-0.4, -0.2) is 33.0 Å². The van der Waals surface area contributed by atoms with Crippen LogP contribution in [0.2, 0.25) is 0 Å². The van der Waals surface area contributed by atoms with Gasteiger partial charge in [0.1, 0.15) is 10.7 Å². The van der Waals surface area contributed by atoms with Crippen molar-refractivity contribution in [3.8, 4) is 0 Å². The minimum atomic E-state index is -0.192. The average Bonchev–Trinajstić information content (AvgIpc) is 3.05. The highest BCUT2D eigenvalue weighted by molar-refractivity contribution is 7.18. The molecular weight excluding hydrogens is 288 g/mol. The summed E-state index contributed by atoms with van der Waals surface area (Å²) < 4.78 is 1.91. The van der Waals surface area contributed by atoms with Gasteiger partial charge in [0.15, 0.2) is 5.13 Å². The van der Waals surface area contributed by atoms with Gasteiger partial charge in [0.2, 0.25) is 0 Å². The lowest BCUT2D eigenvalue weighted by Crippen LogP contribution is -2.35. The van der Waals surface area contributed by atoms with E-state index in [1.54, 1.807) is 12.5 Å². The van der Waals surface area contributed by atoms with E-state index in [0.717, 1.165) is 13.0 Å². The van der Waals surface area contributed by atoms with Crippen LogP contribution in [0.4, 0.5) is 10.9 Å². The molecule has 7 nitrogen and oxygen atoms in total. The number of nitrogens with one attached hydrogen (secondary N) is 2. The quantitative estimate of drug-likeness (QED) is 0.721. The standard InChI is InChI=1S/C13H20N6OS/c1-3-4-16-13-18-11(14)10(21-13)12(20)17-9(2)7-19-6-5-15-8-19/h5-6,8-9H,3-4,7,14H2,1-2H3,(H,16,18)(H,17,20). The van der Waals surface area contributed by atoms with Gasteiger partial charge in [0.05, 0.1) is 6.33 Å². The molecule has 0 aliphatic carbocycles. The fourth-order valence-electron chi connectivity index (χ4n) is 1.85. The van der Waals surface area contributed by atoms with Crippen LogP contribution < -0.4 is 16.4 Å². The maximum atomic E-state index is 12.2. The van der Waals surface area contributed by atoms with Crippen molar-refractivity contribution in [2.75, 3.05) is 17.6 Å². The summed E-state index contributed by atoms with van der Waals surface area (Å²) in [4.78, 5) is 20.8. The molecule has 2 aromatic heterocycles. The Kier molecular flexibility index (Phi) is 5.15. The molecule has 0 aliphatic rings. The van der Waals surface area contributed by atoms with Crippen molar-refractivity contribution < 1.29 is 4.79 Å². The summed E-state index contributed by atoms with van der Waals surface area (Å²) in [6.07, 6.45) is 6.28. The average molecular weight is 308 g/mol. The van der Waals surface area contributed by atoms with Crippen molar-refractivity contribution in [2.45, 2.75) is 32.9 Å². The molecule has 0 bridgehead atoms. The van der Waals surface area contributed by atoms with Crippen LogP contribution in [0.25, 0.3) is 0 Å². The van der Waals surface area contributed by atoms with Gasteiger partial charge in [-0.2, -0.15) is 0 Å². The topological polar surface area (TPSA) is 97.9 Å². The third-order valence-corrected chi connectivity index (χ3v) is 3.83. The first-order valence-electron chi connectivity index (χ1n) is 6.87. The molecule has 2 heterocycles. The molecule has 21 heavy (non-hydrogen) atoms. The Labute approximate surface area is 127 Å². The highest BCUT2D eigenvalue weighted by atomic mass is 32.1. The van der Waals surface area contributed by atoms with Crippen LogP contribution in [0.1, 0.15) is 29.9 Å². The van der Waals surface area contributed by atoms with Crippen LogP contribution in [0.5, 0.6) is 0 Å². The maximum absolute atomic E-state index is 12.2. The van der Waals surface area contributed by atoms with Gasteiger partial charge in [-0.1, -0.05) is 18.3 Å². The van der Waals surface area contributed by atoms with Gasteiger partial charge in [-0.05, 0) is 13.3 Å². The molecule has 2 aromatic rings. The molecule has 8 heteroatoms. The smallest absolute Gasteiger partial charge is 0.265 e. The van der Waals surface area contributed by atoms with Gasteiger partial charge < -0.3 is 20.9 Å². The van der Waals surface area contributed by atoms with Gasteiger partial charge in [0.25, 0.3) is 5.91 Å². The molecule has 4 N–H and O–H groups in total. The number of nitrogen functional groups attached to an aromatic ring is 1. The predicted octanol–water partition coefficient (Wildman–Crippen LogP) is 1.56. The van der Waals surface area contributed by atoms with Crippen LogP contribution in [-0.2, 0) is 6.54 Å². The Hall–Kier alpha value is -2.09. The number of carbonyl (C=O) groups is 1. The zero-order valence-electron chi connectivity index (χ0n) is 12.2. The Balaban J connectivity index is 1.94. The first kappa shape index (κ1) is 15.3. The van der Waals surface area contributed by atoms with Crippen LogP contribution >= 0.6 is 11.3 Å². The molecule has 0 aromatic carbocycles. The Bertz CT molecular complexity index is 580. The lowest BCUT2D eigenvalue weighted by molar-refractivity contribution is 0.0941. The third kappa shape index (κ3) is 4.19. The number of imidazole rings is 1. The van der Waals surface area contributed by atoms with Gasteiger partial charge in [-0.15, -0.1) is 0 Å². The van der Waals surface area contributed by atoms with Crippen LogP contribution in [0.15, 0.2) is 18.7 Å². The number of rotatable bonds is 7. The summed E-state index contributed by atoms with van der Waals surface area (Å²) in [5, 5.41) is 6.74. The second-order valence-corrected chi connectivity index (χ2v) is 5.79. The molecule has 0 spiro atoms. The summed E-state index contributed by atoms with van der Waals surface area (Å²) in [5.74, 6) is 0.0769. The Morgan fingerprint density at radius 3 is 3.05 bits per heavy atom. The molecule has 0 saturated carbocycles. The van der Waals surface area contributed by atoms with Crippen LogP contribution in [0.3, 0.4) is 0 Å². The van der Waals surface area contributed by atoms with Crippen molar-refractivity contribution in [1.29, 1.82) is 0 Å². The van der Waals surface area contributed by atoms with E-state index >= 15 is 0 Å². The number of anilines is 2. The number of amides is 1. The molecule has 114 valence electrons. The molecule has 0 radical (unpaired) electrons. The van der Waals surface area contributed by atoms with Crippen molar-refractivity contribution >= 4 is 28.2 Å². The summed E-state index contributed by atoms with van der Waals surface area (Å²) in [6.45, 7) is 5.47. The highest BCUT2D eigenvalue weighted by Crippen LogP contribution is 2.24. The summed E-state index contributed by atoms with van der Waals surface area (Å²) in [5.41, 5.74) is 5.81. The van der Waals surface area contributed by atoms with Crippen LogP contribution in [0, 0.1) is 0 Å². The number of aromatic nitrogens is 3. The first-order chi connectivity index (χ1) is 10.1. The van der Waals surface area contributed by atoms with E-state index in [2.05, 4.69) is 27.5 Å². The van der Waals surface area contributed by atoms with Crippen molar-refractivity contribution in [2.24, 2.45) is 0 Å². The van der Waals surface area contributed by atoms with Gasteiger partial charge >= 0.3 is 0 Å². The van der Waals surface area contributed by atoms with E-state index < -0.39 is 0 Å². The van der Waals surface area contributed by atoms with E-state index in [9.17, 15) is 4.79 Å². The number of carbonyl (C=O) groups excluding carboxylic acids is 1. The first-order valence-corrected chi connectivity index (χ1v) is 7.68. The summed E-state index contributed by atoms with van der Waals surface area (Å²) >= 11 is 1.28. The summed E-state index contributed by atoms with van der Waals surface area (Å²) in [6, 6.07) is -0.0275. The van der Waals surface area contributed by atoms with Gasteiger partial charge in [-0.3, -0.25) is 4.79 Å². The number of nitrogens with zero attached hydrogens (tertiary/aromatic N) is 3. The van der Waals surface area contributed by atoms with Gasteiger partial charge in [-0.25, -0.2) is 9.97 Å². The number of hydrogen-bond donors (Lipinski definition) is 3. The molecule has 2 rings (SSSR count). The molecule has 1 atom stereocenters. The lowest BCUT2D eigenvalue weighted by atomic mass is 10.3. The zero-order valence-corrected chi connectivity index (χ0v) is 13.0. The van der Waals surface area contributed by atoms with Crippen molar-refractivity contribution in [3.05, 3.63) is 23.6 Å². The number of nitrogens with two attached hydrogens (primary N) is 1. The zero-order chi connectivity index (χ0) is 15.2. The van der Waals surface area contributed by atoms with E-state index in [-0.39, 0.29) is 17.8 Å². The highest BCUT2D eigenvalue weighted by Gasteiger charge is 2.17. The molecular formula is C13H20N6OS. The predicted molar refractivity (Wildman–Crippen MR) is 84.5 cm³/mol. The minimum Gasteiger partial charge on any atom is -0.382 e. The maximum Gasteiger partial charge on any atom is 0.265 e. The lowest BCUT2D eigenvalue weighted by Gasteiger charge is -2.13. The summed E-state index contributed by atoms with van der Waals surface area (Å²) in [7, 11) is 0. The second kappa shape index (κ2) is 7.07. The van der Waals surface area contributed by atoms with E-state index in [1.165, 1.54) is 11.3 Å². The van der Waals surface area contributed by atoms with Gasteiger partial charge in [0, 0.05) is 31.5 Å². The van der Waals surface area contributed by atoms with E-state index in [0.29, 0.717) is 16.6 Å². The third-order valence-electron chi connectivity index (χ3n) is 2.81. The number of hydrogen-bond acceptors (Lipinski definition) is 6. The Morgan fingerprint density at radius 2 is 2.38 bits per heavy atom. The normalized spacial score (nSPS) is 12.1. The van der Waals surface area contributed by atoms with Crippen molar-refractivity contribution in [3.63, 3.8) is 0 Å². The number of thiazole rings is 1. The van der Waals surface area contributed by atoms with E-state index in [1.807, 2.05) is 17.7 Å². The monoisotopic (exact) mass is 308 g/mol. The Morgan fingerprint density at radius 1 is 1.57 bits per heavy atom. The fourth-order valence-corrected chi connectivity index (χ4v) is 2.66. The molecule has 0 saturated heterocycles. The largest absolute Gasteiger partial charge is 0.382 e. The fraction of sp³-hybridized carbons (Fsp3) is 0.462. The molecule has 1 amide bonds. The SMILES string of the molecule is CCCNc1nc(N)c(C(=O)NC(C)Cn2ccnc2)s1. The second-order valence-electron chi connectivity index (χ2n) is 4.79. The molecule has 0 fully saturated rings. The molecule has 0 aliphatic heterocycles. The van der Waals surface area contributed by atoms with Crippen molar-refractivity contribution in [1.82, 2.24) is 19.9 Å². The van der Waals surface area contributed by atoms with E-state index in [4.69, 9.17) is 5.73 Å². The molecule has 1 unspecified atom stereocenters.